The van der Waals surface area contributed by atoms with E-state index in [2.05, 4.69) is 5.32 Å². The largest absolute Gasteiger partial charge is 0.486 e. The third kappa shape index (κ3) is 4.29. The molecule has 0 fully saturated rings. The van der Waals surface area contributed by atoms with Gasteiger partial charge in [0.05, 0.1) is 10.8 Å². The number of fused-ring (bicyclic) bond motifs is 1. The third-order valence-corrected chi connectivity index (χ3v) is 8.44. The maximum atomic E-state index is 13.4. The highest BCUT2D eigenvalue weighted by Crippen LogP contribution is 2.36. The first-order valence-electron chi connectivity index (χ1n) is 11.2. The first kappa shape index (κ1) is 23.2. The SMILES string of the molecule is CNC[C@H](C(=O)N1CC2=C(C1)CN(S(=O)(=O)c1ccc3c(c1)OCCO3)C2)c1cccc(Cl)c1. The fourth-order valence-corrected chi connectivity index (χ4v) is 6.34. The zero-order valence-corrected chi connectivity index (χ0v) is 20.4. The predicted octanol–water partition coefficient (Wildman–Crippen LogP) is 2.26. The number of nitrogens with zero attached hydrogens (tertiary/aromatic N) is 2. The van der Waals surface area contributed by atoms with Gasteiger partial charge in [-0.15, -0.1) is 0 Å². The summed E-state index contributed by atoms with van der Waals surface area (Å²) in [5.41, 5.74) is 2.84. The summed E-state index contributed by atoms with van der Waals surface area (Å²) in [6.07, 6.45) is 0. The highest BCUT2D eigenvalue weighted by molar-refractivity contribution is 7.89. The third-order valence-electron chi connectivity index (χ3n) is 6.42. The van der Waals surface area contributed by atoms with Crippen LogP contribution in [0.2, 0.25) is 5.02 Å². The van der Waals surface area contributed by atoms with Gasteiger partial charge in [-0.3, -0.25) is 4.79 Å². The summed E-state index contributed by atoms with van der Waals surface area (Å²) in [5, 5.41) is 3.69. The quantitative estimate of drug-likeness (QED) is 0.608. The molecule has 10 heteroatoms. The molecule has 0 unspecified atom stereocenters. The number of amides is 1. The maximum Gasteiger partial charge on any atom is 0.243 e. The van der Waals surface area contributed by atoms with Crippen molar-refractivity contribution in [1.29, 1.82) is 0 Å². The number of hydrogen-bond acceptors (Lipinski definition) is 6. The topological polar surface area (TPSA) is 88.2 Å². The minimum Gasteiger partial charge on any atom is -0.486 e. The number of nitrogens with one attached hydrogen (secondary N) is 1. The van der Waals surface area contributed by atoms with Crippen molar-refractivity contribution in [2.75, 3.05) is 53.0 Å². The van der Waals surface area contributed by atoms with E-state index in [-0.39, 0.29) is 29.8 Å². The van der Waals surface area contributed by atoms with Gasteiger partial charge in [-0.25, -0.2) is 8.42 Å². The zero-order chi connectivity index (χ0) is 23.9. The van der Waals surface area contributed by atoms with Gasteiger partial charge in [0.25, 0.3) is 0 Å². The Morgan fingerprint density at radius 3 is 2.41 bits per heavy atom. The van der Waals surface area contributed by atoms with Crippen molar-refractivity contribution >= 4 is 27.5 Å². The van der Waals surface area contributed by atoms with Crippen LogP contribution in [-0.2, 0) is 14.8 Å². The standard InChI is InChI=1S/C24H26ClN3O5S/c1-26-11-21(16-3-2-4-19(25)9-16)24(29)27-12-17-14-28(15-18(17)13-27)34(30,31)20-5-6-22-23(10-20)33-8-7-32-22/h2-6,9-10,21,26H,7-8,11-15H2,1H3/t21-/m0/s1. The summed E-state index contributed by atoms with van der Waals surface area (Å²) < 4.78 is 39.1. The van der Waals surface area contributed by atoms with E-state index < -0.39 is 10.0 Å². The number of benzene rings is 2. The van der Waals surface area contributed by atoms with Crippen molar-refractivity contribution in [3.63, 3.8) is 0 Å². The van der Waals surface area contributed by atoms with Crippen molar-refractivity contribution in [3.05, 3.63) is 64.2 Å². The molecule has 1 amide bonds. The average Bonchev–Trinajstić information content (AvgIpc) is 3.42. The van der Waals surface area contributed by atoms with Crippen LogP contribution in [0.4, 0.5) is 0 Å². The molecule has 3 heterocycles. The van der Waals surface area contributed by atoms with Crippen LogP contribution < -0.4 is 14.8 Å². The molecular weight excluding hydrogens is 478 g/mol. The van der Waals surface area contributed by atoms with Crippen LogP contribution in [0, 0.1) is 0 Å². The summed E-state index contributed by atoms with van der Waals surface area (Å²) in [6.45, 7) is 2.76. The van der Waals surface area contributed by atoms with Gasteiger partial charge in [-0.1, -0.05) is 23.7 Å². The molecule has 5 rings (SSSR count). The van der Waals surface area contributed by atoms with Crippen molar-refractivity contribution in [2.24, 2.45) is 0 Å². The van der Waals surface area contributed by atoms with E-state index in [4.69, 9.17) is 21.1 Å². The molecule has 34 heavy (non-hydrogen) atoms. The van der Waals surface area contributed by atoms with E-state index in [9.17, 15) is 13.2 Å². The highest BCUT2D eigenvalue weighted by atomic mass is 35.5. The van der Waals surface area contributed by atoms with Crippen LogP contribution in [0.3, 0.4) is 0 Å². The fourth-order valence-electron chi connectivity index (χ4n) is 4.70. The molecule has 180 valence electrons. The molecule has 0 saturated heterocycles. The number of sulfonamides is 1. The van der Waals surface area contributed by atoms with Gasteiger partial charge >= 0.3 is 0 Å². The normalized spacial score (nSPS) is 18.8. The number of halogens is 1. The number of ether oxygens (including phenoxy) is 2. The Balaban J connectivity index is 1.27. The average molecular weight is 504 g/mol. The molecule has 2 aromatic carbocycles. The van der Waals surface area contributed by atoms with Gasteiger partial charge in [0.15, 0.2) is 11.5 Å². The summed E-state index contributed by atoms with van der Waals surface area (Å²) in [7, 11) is -1.88. The molecule has 8 nitrogen and oxygen atoms in total. The van der Waals surface area contributed by atoms with E-state index in [0.29, 0.717) is 49.4 Å². The summed E-state index contributed by atoms with van der Waals surface area (Å²) in [5.74, 6) is 0.645. The molecule has 3 aliphatic heterocycles. The van der Waals surface area contributed by atoms with E-state index in [1.807, 2.05) is 30.1 Å². The van der Waals surface area contributed by atoms with E-state index in [1.54, 1.807) is 18.2 Å². The Bertz CT molecular complexity index is 1250. The lowest BCUT2D eigenvalue weighted by atomic mass is 9.97. The molecule has 3 aliphatic rings. The lowest BCUT2D eigenvalue weighted by Gasteiger charge is -2.27. The van der Waals surface area contributed by atoms with Gasteiger partial charge < -0.3 is 19.7 Å². The Kier molecular flexibility index (Phi) is 6.28. The van der Waals surface area contributed by atoms with Crippen molar-refractivity contribution < 1.29 is 22.7 Å². The second kappa shape index (κ2) is 9.22. The molecular formula is C24H26ClN3O5S. The maximum absolute atomic E-state index is 13.4. The molecule has 1 atom stereocenters. The van der Waals surface area contributed by atoms with Crippen LogP contribution in [0.1, 0.15) is 11.5 Å². The predicted molar refractivity (Wildman–Crippen MR) is 128 cm³/mol. The van der Waals surface area contributed by atoms with Crippen molar-refractivity contribution in [1.82, 2.24) is 14.5 Å². The van der Waals surface area contributed by atoms with E-state index >= 15 is 0 Å². The summed E-state index contributed by atoms with van der Waals surface area (Å²) >= 11 is 6.15. The van der Waals surface area contributed by atoms with Gasteiger partial charge in [-0.05, 0) is 48.0 Å². The number of hydrogen-bond donors (Lipinski definition) is 1. The minimum absolute atomic E-state index is 0.00672. The Hall–Kier alpha value is -2.59. The van der Waals surface area contributed by atoms with Crippen LogP contribution in [-0.4, -0.2) is 76.5 Å². The molecule has 0 aromatic heterocycles. The first-order chi connectivity index (χ1) is 16.4. The summed E-state index contributed by atoms with van der Waals surface area (Å²) in [6, 6.07) is 12.1. The second-order valence-corrected chi connectivity index (χ2v) is 11.0. The second-order valence-electron chi connectivity index (χ2n) is 8.65. The smallest absolute Gasteiger partial charge is 0.243 e. The summed E-state index contributed by atoms with van der Waals surface area (Å²) in [4.78, 5) is 15.4. The van der Waals surface area contributed by atoms with E-state index in [1.165, 1.54) is 10.4 Å². The zero-order valence-electron chi connectivity index (χ0n) is 18.8. The molecule has 0 spiro atoms. The fraction of sp³-hybridized carbons (Fsp3) is 0.375. The van der Waals surface area contributed by atoms with Crippen molar-refractivity contribution in [3.8, 4) is 11.5 Å². The highest BCUT2D eigenvalue weighted by Gasteiger charge is 2.39. The Morgan fingerprint density at radius 1 is 1.03 bits per heavy atom. The van der Waals surface area contributed by atoms with E-state index in [0.717, 1.165) is 16.7 Å². The minimum atomic E-state index is -3.70. The molecule has 0 radical (unpaired) electrons. The molecule has 2 aromatic rings. The number of carbonyl (C=O) groups is 1. The number of carbonyl (C=O) groups excluding carboxylic acids is 1. The van der Waals surface area contributed by atoms with Gasteiger partial charge in [0.1, 0.15) is 13.2 Å². The lowest BCUT2D eigenvalue weighted by molar-refractivity contribution is -0.131. The molecule has 0 bridgehead atoms. The first-order valence-corrected chi connectivity index (χ1v) is 13.0. The van der Waals surface area contributed by atoms with Crippen LogP contribution in [0.5, 0.6) is 11.5 Å². The molecule has 0 aliphatic carbocycles. The van der Waals surface area contributed by atoms with Gasteiger partial charge in [0.2, 0.25) is 15.9 Å². The molecule has 0 saturated carbocycles. The van der Waals surface area contributed by atoms with Gasteiger partial charge in [-0.2, -0.15) is 4.31 Å². The van der Waals surface area contributed by atoms with Crippen LogP contribution >= 0.6 is 11.6 Å². The van der Waals surface area contributed by atoms with Crippen LogP contribution in [0.25, 0.3) is 0 Å². The van der Waals surface area contributed by atoms with Crippen LogP contribution in [0.15, 0.2) is 58.5 Å². The van der Waals surface area contributed by atoms with Gasteiger partial charge in [0, 0.05) is 43.8 Å². The number of likely N-dealkylation sites (N-methyl/N-ethyl adjacent to an activating group) is 1. The molecule has 1 N–H and O–H groups in total. The Labute approximate surface area is 204 Å². The van der Waals surface area contributed by atoms with Crippen molar-refractivity contribution in [2.45, 2.75) is 10.8 Å². The monoisotopic (exact) mass is 503 g/mol. The Morgan fingerprint density at radius 2 is 1.74 bits per heavy atom. The number of rotatable bonds is 6. The lowest BCUT2D eigenvalue weighted by Crippen LogP contribution is -2.40.